The van der Waals surface area contributed by atoms with Crippen molar-refractivity contribution in [2.24, 2.45) is 0 Å². The summed E-state index contributed by atoms with van der Waals surface area (Å²) >= 11 is 5.95. The van der Waals surface area contributed by atoms with Gasteiger partial charge in [0.05, 0.1) is 17.1 Å². The molecule has 1 fully saturated rings. The standard InChI is InChI=1S/C26H16ClFN2O3/c27-18-8-6-15(7-9-18)24(31)22-23(17-3-1-5-19(28)13-17)30(26(33)25(22)32)20-10-11-21-16(14-20)4-2-12-29-21/h1-14,23,31H/b24-22+. The van der Waals surface area contributed by atoms with Crippen molar-refractivity contribution in [2.75, 3.05) is 4.90 Å². The maximum Gasteiger partial charge on any atom is 0.300 e. The first kappa shape index (κ1) is 20.8. The monoisotopic (exact) mass is 458 g/mol. The number of aliphatic hydroxyl groups is 1. The Bertz CT molecular complexity index is 1450. The molecule has 0 saturated carbocycles. The Hall–Kier alpha value is -4.03. The van der Waals surface area contributed by atoms with Gasteiger partial charge >= 0.3 is 0 Å². The van der Waals surface area contributed by atoms with Crippen molar-refractivity contribution in [1.29, 1.82) is 0 Å². The van der Waals surface area contributed by atoms with Crippen LogP contribution in [0.4, 0.5) is 10.1 Å². The summed E-state index contributed by atoms with van der Waals surface area (Å²) in [6, 6.07) is 19.6. The molecular formula is C26H16ClFN2O3. The third-order valence-corrected chi connectivity index (χ3v) is 5.84. The molecule has 5 rings (SSSR count). The summed E-state index contributed by atoms with van der Waals surface area (Å²) < 4.78 is 14.2. The average molecular weight is 459 g/mol. The maximum atomic E-state index is 14.2. The Morgan fingerprint density at radius 3 is 2.52 bits per heavy atom. The molecule has 7 heteroatoms. The van der Waals surface area contributed by atoms with Gasteiger partial charge in [-0.05, 0) is 66.2 Å². The molecular weight excluding hydrogens is 443 g/mol. The SMILES string of the molecule is O=C1C(=O)N(c2ccc3ncccc3c2)C(c2cccc(F)c2)/C1=C(\O)c1ccc(Cl)cc1. The number of nitrogens with zero attached hydrogens (tertiary/aromatic N) is 2. The number of carbonyl (C=O) groups is 2. The smallest absolute Gasteiger partial charge is 0.300 e. The van der Waals surface area contributed by atoms with Crippen LogP contribution in [-0.2, 0) is 9.59 Å². The Morgan fingerprint density at radius 2 is 1.76 bits per heavy atom. The van der Waals surface area contributed by atoms with Crippen molar-refractivity contribution in [3.63, 3.8) is 0 Å². The van der Waals surface area contributed by atoms with Gasteiger partial charge in [0.25, 0.3) is 11.7 Å². The van der Waals surface area contributed by atoms with Crippen LogP contribution in [0.2, 0.25) is 5.02 Å². The topological polar surface area (TPSA) is 70.5 Å². The van der Waals surface area contributed by atoms with Crippen LogP contribution in [0, 0.1) is 5.82 Å². The third-order valence-electron chi connectivity index (χ3n) is 5.59. The number of benzene rings is 3. The Labute approximate surface area is 193 Å². The number of ketones is 1. The molecule has 1 aliphatic heterocycles. The molecule has 0 aliphatic carbocycles. The second-order valence-corrected chi connectivity index (χ2v) is 8.05. The molecule has 5 nitrogen and oxygen atoms in total. The molecule has 1 aromatic heterocycles. The molecule has 3 aromatic carbocycles. The number of anilines is 1. The second-order valence-electron chi connectivity index (χ2n) is 7.61. The van der Waals surface area contributed by atoms with Gasteiger partial charge in [0.1, 0.15) is 11.6 Å². The fourth-order valence-corrected chi connectivity index (χ4v) is 4.19. The Morgan fingerprint density at radius 1 is 0.970 bits per heavy atom. The summed E-state index contributed by atoms with van der Waals surface area (Å²) in [5.41, 5.74) is 1.71. The van der Waals surface area contributed by atoms with Crippen LogP contribution < -0.4 is 4.90 Å². The van der Waals surface area contributed by atoms with Crippen LogP contribution in [0.3, 0.4) is 0 Å². The molecule has 4 aromatic rings. The van der Waals surface area contributed by atoms with E-state index in [1.807, 2.05) is 6.07 Å². The van der Waals surface area contributed by atoms with Gasteiger partial charge < -0.3 is 5.11 Å². The van der Waals surface area contributed by atoms with E-state index in [1.54, 1.807) is 60.8 Å². The lowest BCUT2D eigenvalue weighted by Gasteiger charge is -2.25. The summed E-state index contributed by atoms with van der Waals surface area (Å²) in [4.78, 5) is 31.9. The van der Waals surface area contributed by atoms with Crippen molar-refractivity contribution >= 4 is 45.6 Å². The van der Waals surface area contributed by atoms with Gasteiger partial charge in [-0.3, -0.25) is 19.5 Å². The van der Waals surface area contributed by atoms with Crippen molar-refractivity contribution in [3.8, 4) is 0 Å². The van der Waals surface area contributed by atoms with Gasteiger partial charge in [-0.2, -0.15) is 0 Å². The van der Waals surface area contributed by atoms with Crippen molar-refractivity contribution in [3.05, 3.63) is 113 Å². The van der Waals surface area contributed by atoms with Crippen LogP contribution in [0.1, 0.15) is 17.2 Å². The van der Waals surface area contributed by atoms with E-state index in [1.165, 1.54) is 23.1 Å². The van der Waals surface area contributed by atoms with Crippen LogP contribution in [-0.4, -0.2) is 21.8 Å². The number of aliphatic hydroxyl groups excluding tert-OH is 1. The van der Waals surface area contributed by atoms with Gasteiger partial charge in [0.2, 0.25) is 0 Å². The Kier molecular flexibility index (Phi) is 5.15. The zero-order valence-electron chi connectivity index (χ0n) is 17.1. The lowest BCUT2D eigenvalue weighted by atomic mass is 9.95. The minimum atomic E-state index is -1.02. The highest BCUT2D eigenvalue weighted by atomic mass is 35.5. The molecule has 2 heterocycles. The van der Waals surface area contributed by atoms with E-state index >= 15 is 0 Å². The van der Waals surface area contributed by atoms with E-state index in [9.17, 15) is 19.1 Å². The number of amides is 1. The quantitative estimate of drug-likeness (QED) is 0.244. The molecule has 0 bridgehead atoms. The number of fused-ring (bicyclic) bond motifs is 1. The molecule has 162 valence electrons. The predicted molar refractivity (Wildman–Crippen MR) is 124 cm³/mol. The zero-order valence-corrected chi connectivity index (χ0v) is 17.8. The molecule has 1 atom stereocenters. The fraction of sp³-hybridized carbons (Fsp3) is 0.0385. The number of carbonyl (C=O) groups excluding carboxylic acids is 2. The van der Waals surface area contributed by atoms with E-state index in [-0.39, 0.29) is 11.3 Å². The van der Waals surface area contributed by atoms with Gasteiger partial charge in [-0.15, -0.1) is 0 Å². The summed E-state index contributed by atoms with van der Waals surface area (Å²) in [5.74, 6) is -2.55. The maximum absolute atomic E-state index is 14.2. The van der Waals surface area contributed by atoms with Crippen molar-refractivity contribution in [1.82, 2.24) is 4.98 Å². The number of pyridine rings is 1. The largest absolute Gasteiger partial charge is 0.507 e. The molecule has 0 radical (unpaired) electrons. The van der Waals surface area contributed by atoms with E-state index in [2.05, 4.69) is 4.98 Å². The minimum Gasteiger partial charge on any atom is -0.507 e. The van der Waals surface area contributed by atoms with E-state index in [4.69, 9.17) is 11.6 Å². The second kappa shape index (κ2) is 8.15. The lowest BCUT2D eigenvalue weighted by molar-refractivity contribution is -0.132. The van der Waals surface area contributed by atoms with Crippen LogP contribution in [0.15, 0.2) is 90.6 Å². The highest BCUT2D eigenvalue weighted by Gasteiger charge is 2.47. The fourth-order valence-electron chi connectivity index (χ4n) is 4.07. The Balaban J connectivity index is 1.74. The van der Waals surface area contributed by atoms with Crippen molar-refractivity contribution < 1.29 is 19.1 Å². The first-order valence-electron chi connectivity index (χ1n) is 10.1. The van der Waals surface area contributed by atoms with E-state index in [0.717, 1.165) is 10.9 Å². The molecule has 1 N–H and O–H groups in total. The van der Waals surface area contributed by atoms with Crippen LogP contribution in [0.5, 0.6) is 0 Å². The first-order chi connectivity index (χ1) is 15.9. The van der Waals surface area contributed by atoms with Crippen LogP contribution in [0.25, 0.3) is 16.7 Å². The average Bonchev–Trinajstić information content (AvgIpc) is 3.09. The van der Waals surface area contributed by atoms with Crippen LogP contribution >= 0.6 is 11.6 Å². The van der Waals surface area contributed by atoms with E-state index < -0.39 is 23.5 Å². The summed E-state index contributed by atoms with van der Waals surface area (Å²) in [5, 5.41) is 12.3. The highest BCUT2D eigenvalue weighted by molar-refractivity contribution is 6.51. The molecule has 1 aliphatic rings. The van der Waals surface area contributed by atoms with Gasteiger partial charge in [0, 0.05) is 27.9 Å². The summed E-state index contributed by atoms with van der Waals surface area (Å²) in [7, 11) is 0. The molecule has 33 heavy (non-hydrogen) atoms. The lowest BCUT2D eigenvalue weighted by Crippen LogP contribution is -2.29. The highest BCUT2D eigenvalue weighted by Crippen LogP contribution is 2.42. The molecule has 1 amide bonds. The molecule has 1 saturated heterocycles. The normalized spacial score (nSPS) is 17.6. The number of aromatic nitrogens is 1. The summed E-state index contributed by atoms with van der Waals surface area (Å²) in [6.45, 7) is 0. The number of hydrogen-bond donors (Lipinski definition) is 1. The summed E-state index contributed by atoms with van der Waals surface area (Å²) in [6.07, 6.45) is 1.66. The van der Waals surface area contributed by atoms with E-state index in [0.29, 0.717) is 21.8 Å². The zero-order chi connectivity index (χ0) is 23.1. The minimum absolute atomic E-state index is 0.126. The number of Topliss-reactive ketones (excluding diaryl/α,β-unsaturated/α-hetero) is 1. The molecule has 0 spiro atoms. The van der Waals surface area contributed by atoms with Gasteiger partial charge in [-0.25, -0.2) is 4.39 Å². The number of hydrogen-bond acceptors (Lipinski definition) is 4. The van der Waals surface area contributed by atoms with Crippen molar-refractivity contribution in [2.45, 2.75) is 6.04 Å². The van der Waals surface area contributed by atoms with Gasteiger partial charge in [0.15, 0.2) is 0 Å². The number of halogens is 2. The third kappa shape index (κ3) is 3.64. The molecule has 1 unspecified atom stereocenters. The van der Waals surface area contributed by atoms with Gasteiger partial charge in [-0.1, -0.05) is 29.8 Å². The first-order valence-corrected chi connectivity index (χ1v) is 10.5. The predicted octanol–water partition coefficient (Wildman–Crippen LogP) is 5.65. The number of rotatable bonds is 3.